The summed E-state index contributed by atoms with van der Waals surface area (Å²) < 4.78 is 6.29. The molecule has 2 amide bonds. The van der Waals surface area contributed by atoms with Crippen LogP contribution in [0.5, 0.6) is 0 Å². The molecule has 4 atom stereocenters. The van der Waals surface area contributed by atoms with Gasteiger partial charge in [-0.05, 0) is 55.7 Å². The Kier molecular flexibility index (Phi) is 7.31. The van der Waals surface area contributed by atoms with E-state index in [-0.39, 0.29) is 35.9 Å². The highest BCUT2D eigenvalue weighted by Gasteiger charge is 2.53. The van der Waals surface area contributed by atoms with Crippen molar-refractivity contribution in [3.8, 4) is 0 Å². The Morgan fingerprint density at radius 2 is 2.00 bits per heavy atom. The van der Waals surface area contributed by atoms with Crippen molar-refractivity contribution in [3.63, 3.8) is 0 Å². The van der Waals surface area contributed by atoms with Crippen LogP contribution in [0.15, 0.2) is 53.8 Å². The summed E-state index contributed by atoms with van der Waals surface area (Å²) in [4.78, 5) is 42.7. The van der Waals surface area contributed by atoms with E-state index in [9.17, 15) is 14.4 Å². The van der Waals surface area contributed by atoms with E-state index in [4.69, 9.17) is 15.6 Å². The molecule has 0 radical (unpaired) electrons. The molecule has 1 saturated heterocycles. The fraction of sp³-hybridized carbons (Fsp3) is 0.536. The predicted octanol–water partition coefficient (Wildman–Crippen LogP) is 1.08. The number of hydrogen-bond donors (Lipinski definition) is 3. The van der Waals surface area contributed by atoms with E-state index in [0.29, 0.717) is 38.6 Å². The first kappa shape index (κ1) is 25.8. The molecule has 2 saturated carbocycles. The van der Waals surface area contributed by atoms with Gasteiger partial charge in [-0.2, -0.15) is 0 Å². The highest BCUT2D eigenvalue weighted by Crippen LogP contribution is 2.48. The number of Topliss-reactive ketones (excluding diaryl/α,β-unsaturated/α-hetero) is 1. The van der Waals surface area contributed by atoms with Crippen LogP contribution in [0.2, 0.25) is 0 Å². The molecule has 9 heteroatoms. The van der Waals surface area contributed by atoms with Crippen molar-refractivity contribution < 1.29 is 24.2 Å². The number of nitrogens with one attached hydrogen (secondary N) is 1. The summed E-state index contributed by atoms with van der Waals surface area (Å²) >= 11 is 0. The molecule has 4 aliphatic rings. The summed E-state index contributed by atoms with van der Waals surface area (Å²) in [5.74, 6) is -0.466. The van der Waals surface area contributed by atoms with Crippen LogP contribution in [0.1, 0.15) is 38.2 Å². The molecule has 3 aliphatic carbocycles. The number of benzene rings is 1. The summed E-state index contributed by atoms with van der Waals surface area (Å²) in [5.41, 5.74) is 7.19. The number of fused-ring (bicyclic) bond motifs is 2. The SMILES string of the molecule is C[C@@H](C1CC1)N(Cc1ccccc1)C(=O)CN1COC2(CCC3C(=O)C(NC(=O)C(N)CO)=CC=C32)C1. The van der Waals surface area contributed by atoms with Crippen LogP contribution in [-0.4, -0.2) is 76.6 Å². The minimum Gasteiger partial charge on any atom is -0.394 e. The highest BCUT2D eigenvalue weighted by atomic mass is 16.5. The van der Waals surface area contributed by atoms with Crippen LogP contribution >= 0.6 is 0 Å². The Labute approximate surface area is 217 Å². The van der Waals surface area contributed by atoms with E-state index in [1.165, 1.54) is 12.8 Å². The molecule has 198 valence electrons. The summed E-state index contributed by atoms with van der Waals surface area (Å²) in [5, 5.41) is 11.6. The van der Waals surface area contributed by atoms with Gasteiger partial charge in [0.25, 0.3) is 0 Å². The molecule has 3 fully saturated rings. The fourth-order valence-electron chi connectivity index (χ4n) is 5.84. The molecule has 37 heavy (non-hydrogen) atoms. The second-order valence-corrected chi connectivity index (χ2v) is 10.8. The van der Waals surface area contributed by atoms with Crippen LogP contribution in [0.4, 0.5) is 0 Å². The zero-order valence-corrected chi connectivity index (χ0v) is 21.3. The van der Waals surface area contributed by atoms with Gasteiger partial charge in [-0.15, -0.1) is 0 Å². The standard InChI is InChI=1S/C28H36N4O5/c1-18(20-7-8-20)32(13-19-5-3-2-4-6-19)25(34)14-31-16-28(37-17-31)12-11-21-22(28)9-10-24(26(21)35)30-27(36)23(29)15-33/h2-6,9-10,18,20-21,23,33H,7-8,11-17,29H2,1H3,(H,30,36)/t18-,21?,23?,28?/m0/s1. The molecule has 3 unspecified atom stereocenters. The maximum absolute atomic E-state index is 13.5. The average molecular weight is 509 g/mol. The van der Waals surface area contributed by atoms with Crippen LogP contribution in [0, 0.1) is 11.8 Å². The molecule has 4 N–H and O–H groups in total. The summed E-state index contributed by atoms with van der Waals surface area (Å²) in [6, 6.07) is 9.21. The lowest BCUT2D eigenvalue weighted by molar-refractivity contribution is -0.135. The number of carbonyl (C=O) groups is 3. The Bertz CT molecular complexity index is 1110. The van der Waals surface area contributed by atoms with Gasteiger partial charge in [0.1, 0.15) is 18.4 Å². The van der Waals surface area contributed by atoms with E-state index in [1.54, 1.807) is 6.08 Å². The first-order valence-corrected chi connectivity index (χ1v) is 13.1. The zero-order valence-electron chi connectivity index (χ0n) is 21.3. The van der Waals surface area contributed by atoms with Crippen LogP contribution in [0.3, 0.4) is 0 Å². The molecule has 1 aromatic carbocycles. The van der Waals surface area contributed by atoms with Crippen molar-refractivity contribution in [2.45, 2.75) is 56.8 Å². The van der Waals surface area contributed by atoms with Crippen molar-refractivity contribution in [1.82, 2.24) is 15.1 Å². The molecule has 1 heterocycles. The van der Waals surface area contributed by atoms with Crippen molar-refractivity contribution >= 4 is 17.6 Å². The van der Waals surface area contributed by atoms with Gasteiger partial charge in [0.15, 0.2) is 5.78 Å². The molecular weight excluding hydrogens is 472 g/mol. The van der Waals surface area contributed by atoms with Gasteiger partial charge in [-0.1, -0.05) is 36.4 Å². The molecule has 0 aromatic heterocycles. The number of nitrogens with zero attached hydrogens (tertiary/aromatic N) is 2. The third kappa shape index (κ3) is 5.27. The number of rotatable bonds is 9. The Balaban J connectivity index is 1.26. The first-order chi connectivity index (χ1) is 17.8. The van der Waals surface area contributed by atoms with Gasteiger partial charge in [0.2, 0.25) is 11.8 Å². The van der Waals surface area contributed by atoms with Gasteiger partial charge in [0.05, 0.1) is 18.8 Å². The largest absolute Gasteiger partial charge is 0.394 e. The second-order valence-electron chi connectivity index (χ2n) is 10.8. The van der Waals surface area contributed by atoms with Gasteiger partial charge in [-0.3, -0.25) is 19.3 Å². The lowest BCUT2D eigenvalue weighted by Gasteiger charge is -2.31. The molecule has 1 spiro atoms. The second kappa shape index (κ2) is 10.5. The Hall–Kier alpha value is -2.85. The third-order valence-electron chi connectivity index (χ3n) is 8.21. The van der Waals surface area contributed by atoms with E-state index in [0.717, 1.165) is 11.1 Å². The van der Waals surface area contributed by atoms with Crippen molar-refractivity contribution in [2.24, 2.45) is 17.6 Å². The number of ether oxygens (including phenoxy) is 1. The van der Waals surface area contributed by atoms with E-state index < -0.39 is 24.2 Å². The lowest BCUT2D eigenvalue weighted by Crippen LogP contribution is -2.46. The van der Waals surface area contributed by atoms with E-state index >= 15 is 0 Å². The molecule has 0 bridgehead atoms. The number of allylic oxidation sites excluding steroid dienone is 3. The first-order valence-electron chi connectivity index (χ1n) is 13.1. The van der Waals surface area contributed by atoms with Crippen LogP contribution in [-0.2, 0) is 25.7 Å². The van der Waals surface area contributed by atoms with Crippen LogP contribution < -0.4 is 11.1 Å². The van der Waals surface area contributed by atoms with Gasteiger partial charge in [-0.25, -0.2) is 0 Å². The highest BCUT2D eigenvalue weighted by molar-refractivity contribution is 6.04. The topological polar surface area (TPSA) is 125 Å². The predicted molar refractivity (Wildman–Crippen MR) is 137 cm³/mol. The van der Waals surface area contributed by atoms with Crippen molar-refractivity contribution in [1.29, 1.82) is 0 Å². The van der Waals surface area contributed by atoms with Gasteiger partial charge in [0, 0.05) is 25.0 Å². The summed E-state index contributed by atoms with van der Waals surface area (Å²) in [6.45, 7) is 3.41. The number of carbonyl (C=O) groups excluding carboxylic acids is 3. The minimum absolute atomic E-state index is 0.0947. The van der Waals surface area contributed by atoms with Gasteiger partial charge >= 0.3 is 0 Å². The Morgan fingerprint density at radius 3 is 2.70 bits per heavy atom. The minimum atomic E-state index is -1.08. The molecule has 5 rings (SSSR count). The summed E-state index contributed by atoms with van der Waals surface area (Å²) in [7, 11) is 0. The molecule has 9 nitrogen and oxygen atoms in total. The monoisotopic (exact) mass is 508 g/mol. The van der Waals surface area contributed by atoms with Gasteiger partial charge < -0.3 is 25.8 Å². The van der Waals surface area contributed by atoms with E-state index in [2.05, 4.69) is 24.4 Å². The fourth-order valence-corrected chi connectivity index (χ4v) is 5.84. The number of nitrogens with two attached hydrogens (primary N) is 1. The summed E-state index contributed by atoms with van der Waals surface area (Å²) in [6.07, 6.45) is 7.09. The number of aliphatic hydroxyl groups is 1. The molecular formula is C28H36N4O5. The number of ketones is 1. The normalized spacial score (nSPS) is 26.9. The van der Waals surface area contributed by atoms with Crippen LogP contribution in [0.25, 0.3) is 0 Å². The third-order valence-corrected chi connectivity index (χ3v) is 8.21. The maximum Gasteiger partial charge on any atom is 0.243 e. The maximum atomic E-state index is 13.5. The Morgan fingerprint density at radius 1 is 1.24 bits per heavy atom. The quantitative estimate of drug-likeness (QED) is 0.456. The smallest absolute Gasteiger partial charge is 0.243 e. The van der Waals surface area contributed by atoms with Crippen molar-refractivity contribution in [3.05, 3.63) is 59.3 Å². The molecule has 1 aromatic rings. The van der Waals surface area contributed by atoms with E-state index in [1.807, 2.05) is 34.1 Å². The zero-order chi connectivity index (χ0) is 26.2. The number of amides is 2. The number of hydrogen-bond acceptors (Lipinski definition) is 7. The van der Waals surface area contributed by atoms with Crippen molar-refractivity contribution in [2.75, 3.05) is 26.4 Å². The number of aliphatic hydroxyl groups excluding tert-OH is 1. The lowest BCUT2D eigenvalue weighted by atomic mass is 9.85. The average Bonchev–Trinajstić information content (AvgIpc) is 3.59. The molecule has 1 aliphatic heterocycles.